The van der Waals surface area contributed by atoms with Gasteiger partial charge in [0.1, 0.15) is 6.10 Å². The molecule has 0 N–H and O–H groups in total. The molecule has 6 heteroatoms. The van der Waals surface area contributed by atoms with Gasteiger partial charge in [0.05, 0.1) is 12.0 Å². The molecular formula is C29H47NO5. The van der Waals surface area contributed by atoms with Crippen LogP contribution in [0.3, 0.4) is 0 Å². The van der Waals surface area contributed by atoms with E-state index in [-0.39, 0.29) is 16.4 Å². The van der Waals surface area contributed by atoms with Crippen LogP contribution in [0.2, 0.25) is 0 Å². The summed E-state index contributed by atoms with van der Waals surface area (Å²) < 4.78 is 10.1. The molecule has 0 bridgehead atoms. The van der Waals surface area contributed by atoms with Gasteiger partial charge in [0, 0.05) is 18.4 Å². The van der Waals surface area contributed by atoms with E-state index in [0.29, 0.717) is 41.7 Å². The van der Waals surface area contributed by atoms with Crippen molar-refractivity contribution < 1.29 is 19.2 Å². The van der Waals surface area contributed by atoms with Crippen LogP contribution in [-0.2, 0) is 9.47 Å². The highest BCUT2D eigenvalue weighted by molar-refractivity contribution is 5.60. The summed E-state index contributed by atoms with van der Waals surface area (Å²) in [6.07, 6.45) is 10.5. The lowest BCUT2D eigenvalue weighted by molar-refractivity contribution is -0.434. The Kier molecular flexibility index (Phi) is 7.60. The van der Waals surface area contributed by atoms with E-state index in [4.69, 9.17) is 4.74 Å². The molecule has 4 aliphatic rings. The topological polar surface area (TPSA) is 78.7 Å². The Morgan fingerprint density at radius 2 is 1.80 bits per heavy atom. The fourth-order valence-corrected chi connectivity index (χ4v) is 9.23. The lowest BCUT2D eigenvalue weighted by Crippen LogP contribution is -2.52. The maximum Gasteiger partial charge on any atom is 0.508 e. The zero-order valence-electron chi connectivity index (χ0n) is 22.8. The Morgan fingerprint density at radius 1 is 1.06 bits per heavy atom. The normalized spacial score (nSPS) is 39.5. The standard InChI is InChI=1S/C29H47NO5/c1-18(2)8-7-9-19(3)22-10-11-23-21-17-26(30(32)33)25-16-20(35-27(31)34-6)12-14-29(25,5)24(21)13-15-28(22,23)4/h18-24H,7-17H2,1-6H3/t19-,20+,21-,22?,23-,24-,28?,29?/m0/s1. The number of carbonyl (C=O) groups excluding carboxylic acids is 1. The van der Waals surface area contributed by atoms with E-state index < -0.39 is 6.16 Å². The molecule has 35 heavy (non-hydrogen) atoms. The van der Waals surface area contributed by atoms with Gasteiger partial charge in [-0.2, -0.15) is 0 Å². The second kappa shape index (κ2) is 10.0. The molecule has 3 unspecified atom stereocenters. The molecule has 0 aromatic carbocycles. The summed E-state index contributed by atoms with van der Waals surface area (Å²) in [6.45, 7) is 11.9. The van der Waals surface area contributed by atoms with Crippen LogP contribution in [0.5, 0.6) is 0 Å². The van der Waals surface area contributed by atoms with Crippen LogP contribution in [0.1, 0.15) is 105 Å². The predicted octanol–water partition coefficient (Wildman–Crippen LogP) is 7.78. The molecule has 6 nitrogen and oxygen atoms in total. The molecule has 0 aromatic heterocycles. The fourth-order valence-electron chi connectivity index (χ4n) is 9.23. The minimum atomic E-state index is -0.691. The number of allylic oxidation sites excluding steroid dienone is 1. The van der Waals surface area contributed by atoms with Crippen LogP contribution in [0.15, 0.2) is 11.3 Å². The first kappa shape index (κ1) is 26.5. The van der Waals surface area contributed by atoms with Crippen molar-refractivity contribution in [1.29, 1.82) is 0 Å². The van der Waals surface area contributed by atoms with Crippen molar-refractivity contribution in [3.63, 3.8) is 0 Å². The average molecular weight is 490 g/mol. The highest BCUT2D eigenvalue weighted by Crippen LogP contribution is 2.68. The summed E-state index contributed by atoms with van der Waals surface area (Å²) in [6, 6.07) is 0. The van der Waals surface area contributed by atoms with E-state index in [0.717, 1.165) is 36.2 Å². The monoisotopic (exact) mass is 489 g/mol. The molecule has 4 rings (SSSR count). The molecule has 0 aliphatic heterocycles. The molecule has 0 radical (unpaired) electrons. The number of fused-ring (bicyclic) bond motifs is 5. The maximum atomic E-state index is 12.3. The van der Waals surface area contributed by atoms with E-state index in [1.165, 1.54) is 52.1 Å². The largest absolute Gasteiger partial charge is 0.508 e. The van der Waals surface area contributed by atoms with Gasteiger partial charge in [-0.1, -0.05) is 53.9 Å². The third-order valence-electron chi connectivity index (χ3n) is 11.0. The molecule has 8 atom stereocenters. The summed E-state index contributed by atoms with van der Waals surface area (Å²) in [4.78, 5) is 23.9. The zero-order chi connectivity index (χ0) is 25.5. The van der Waals surface area contributed by atoms with Crippen molar-refractivity contribution >= 4 is 6.16 Å². The summed E-state index contributed by atoms with van der Waals surface area (Å²) in [7, 11) is 1.31. The second-order valence-electron chi connectivity index (χ2n) is 13.1. The maximum absolute atomic E-state index is 12.3. The Balaban J connectivity index is 1.57. The molecule has 3 saturated carbocycles. The minimum absolute atomic E-state index is 0.114. The van der Waals surface area contributed by atoms with E-state index in [2.05, 4.69) is 39.4 Å². The molecule has 198 valence electrons. The third-order valence-corrected chi connectivity index (χ3v) is 11.0. The average Bonchev–Trinajstić information content (AvgIpc) is 3.15. The molecule has 0 amide bonds. The van der Waals surface area contributed by atoms with Gasteiger partial charge in [0.15, 0.2) is 0 Å². The van der Waals surface area contributed by atoms with Gasteiger partial charge in [-0.3, -0.25) is 10.1 Å². The summed E-state index contributed by atoms with van der Waals surface area (Å²) >= 11 is 0. The number of ether oxygens (including phenoxy) is 2. The highest BCUT2D eigenvalue weighted by Gasteiger charge is 2.61. The van der Waals surface area contributed by atoms with Crippen molar-refractivity contribution in [2.45, 2.75) is 111 Å². The fraction of sp³-hybridized carbons (Fsp3) is 0.897. The molecule has 0 heterocycles. The Bertz CT molecular complexity index is 852. The number of nitro groups is 1. The van der Waals surface area contributed by atoms with Crippen LogP contribution < -0.4 is 0 Å². The van der Waals surface area contributed by atoms with Crippen LogP contribution in [-0.4, -0.2) is 24.3 Å². The number of carbonyl (C=O) groups is 1. The smallest absolute Gasteiger partial charge is 0.438 e. The van der Waals surface area contributed by atoms with Crippen LogP contribution in [0.25, 0.3) is 0 Å². The lowest BCUT2D eigenvalue weighted by atomic mass is 9.46. The van der Waals surface area contributed by atoms with Gasteiger partial charge in [-0.15, -0.1) is 0 Å². The first-order valence-corrected chi connectivity index (χ1v) is 14.1. The number of rotatable bonds is 7. The Labute approximate surface area is 211 Å². The van der Waals surface area contributed by atoms with Gasteiger partial charge in [-0.05, 0) is 84.9 Å². The zero-order valence-corrected chi connectivity index (χ0v) is 22.8. The third kappa shape index (κ3) is 4.75. The van der Waals surface area contributed by atoms with E-state index >= 15 is 0 Å². The summed E-state index contributed by atoms with van der Waals surface area (Å²) in [5.41, 5.74) is 1.51. The second-order valence-corrected chi connectivity index (χ2v) is 13.1. The lowest BCUT2D eigenvalue weighted by Gasteiger charge is -2.58. The highest BCUT2D eigenvalue weighted by atomic mass is 16.7. The van der Waals surface area contributed by atoms with Crippen molar-refractivity contribution in [3.8, 4) is 0 Å². The van der Waals surface area contributed by atoms with Gasteiger partial charge in [0.2, 0.25) is 5.70 Å². The quantitative estimate of drug-likeness (QED) is 0.207. The SMILES string of the molecule is COC(=O)O[C@@H]1CCC2(C)C(=C([N+](=O)[O-])C[C@@H]3[C@@H]2CCC2(C)C([C@@H](C)CCCC(C)C)CC[C@@H]32)C1. The van der Waals surface area contributed by atoms with Gasteiger partial charge >= 0.3 is 6.16 Å². The number of methoxy groups -OCH3 is 1. The van der Waals surface area contributed by atoms with Gasteiger partial charge < -0.3 is 9.47 Å². The summed E-state index contributed by atoms with van der Waals surface area (Å²) in [5.74, 6) is 3.70. The van der Waals surface area contributed by atoms with Crippen LogP contribution in [0, 0.1) is 56.5 Å². The Morgan fingerprint density at radius 3 is 2.46 bits per heavy atom. The van der Waals surface area contributed by atoms with Crippen molar-refractivity contribution in [2.75, 3.05) is 7.11 Å². The minimum Gasteiger partial charge on any atom is -0.438 e. The number of nitrogens with zero attached hydrogens (tertiary/aromatic N) is 1. The first-order valence-electron chi connectivity index (χ1n) is 14.1. The molecule has 4 aliphatic carbocycles. The van der Waals surface area contributed by atoms with E-state index in [9.17, 15) is 14.9 Å². The molecule has 0 spiro atoms. The molecular weight excluding hydrogens is 442 g/mol. The van der Waals surface area contributed by atoms with Gasteiger partial charge in [0.25, 0.3) is 0 Å². The van der Waals surface area contributed by atoms with Crippen LogP contribution >= 0.6 is 0 Å². The Hall–Kier alpha value is -1.59. The number of hydrogen-bond donors (Lipinski definition) is 0. The number of hydrogen-bond acceptors (Lipinski definition) is 5. The molecule has 0 saturated heterocycles. The molecule has 3 fully saturated rings. The van der Waals surface area contributed by atoms with Crippen molar-refractivity contribution in [3.05, 3.63) is 21.4 Å². The van der Waals surface area contributed by atoms with Crippen molar-refractivity contribution in [2.24, 2.45) is 46.3 Å². The molecule has 0 aromatic rings. The van der Waals surface area contributed by atoms with E-state index in [1.807, 2.05) is 0 Å². The first-order chi connectivity index (χ1) is 16.5. The summed E-state index contributed by atoms with van der Waals surface area (Å²) in [5, 5.41) is 12.3. The van der Waals surface area contributed by atoms with Crippen molar-refractivity contribution in [1.82, 2.24) is 0 Å². The van der Waals surface area contributed by atoms with Crippen LogP contribution in [0.4, 0.5) is 4.79 Å². The van der Waals surface area contributed by atoms with E-state index in [1.54, 1.807) is 0 Å². The predicted molar refractivity (Wildman–Crippen MR) is 136 cm³/mol. The van der Waals surface area contributed by atoms with Gasteiger partial charge in [-0.25, -0.2) is 4.79 Å².